The van der Waals surface area contributed by atoms with Crippen LogP contribution in [0.15, 0.2) is 60.8 Å². The molecule has 0 saturated carbocycles. The molecule has 0 bridgehead atoms. The van der Waals surface area contributed by atoms with E-state index in [9.17, 15) is 14.7 Å². The normalized spacial score (nSPS) is 10.5. The molecule has 6 nitrogen and oxygen atoms in total. The zero-order chi connectivity index (χ0) is 22.4. The van der Waals surface area contributed by atoms with Crippen LogP contribution in [-0.4, -0.2) is 35.9 Å². The van der Waals surface area contributed by atoms with Gasteiger partial charge in [0.2, 0.25) is 11.8 Å². The Morgan fingerprint density at radius 3 is 2.32 bits per heavy atom. The molecule has 1 heterocycles. The molecule has 160 valence electrons. The number of aromatic hydroxyl groups is 1. The molecular formula is C25H26N2O4. The van der Waals surface area contributed by atoms with Crippen molar-refractivity contribution in [1.29, 1.82) is 0 Å². The van der Waals surface area contributed by atoms with Crippen molar-refractivity contribution in [2.75, 3.05) is 19.1 Å². The van der Waals surface area contributed by atoms with Crippen molar-refractivity contribution < 1.29 is 19.4 Å². The van der Waals surface area contributed by atoms with Gasteiger partial charge in [-0.15, -0.1) is 0 Å². The van der Waals surface area contributed by atoms with Crippen LogP contribution < -0.4 is 9.64 Å². The van der Waals surface area contributed by atoms with Crippen LogP contribution in [0.3, 0.4) is 0 Å². The van der Waals surface area contributed by atoms with Gasteiger partial charge in [-0.05, 0) is 47.4 Å². The summed E-state index contributed by atoms with van der Waals surface area (Å²) >= 11 is 0. The van der Waals surface area contributed by atoms with Gasteiger partial charge >= 0.3 is 0 Å². The Morgan fingerprint density at radius 2 is 1.74 bits per heavy atom. The number of Topliss-reactive ketones (excluding diaryl/α,β-unsaturated/α-hetero) is 1. The van der Waals surface area contributed by atoms with E-state index in [0.717, 1.165) is 22.4 Å². The summed E-state index contributed by atoms with van der Waals surface area (Å²) in [6.07, 6.45) is 2.93. The molecule has 1 N–H and O–H groups in total. The lowest BCUT2D eigenvalue weighted by atomic mass is 9.98. The molecule has 1 amide bonds. The number of rotatable bonds is 8. The maximum atomic E-state index is 12.6. The second-order valence-corrected chi connectivity index (χ2v) is 7.22. The fourth-order valence-corrected chi connectivity index (χ4v) is 3.28. The third-order valence-corrected chi connectivity index (χ3v) is 5.21. The molecule has 0 unspecified atom stereocenters. The molecule has 0 spiro atoms. The first-order valence-electron chi connectivity index (χ1n) is 10.1. The van der Waals surface area contributed by atoms with Gasteiger partial charge < -0.3 is 14.7 Å². The molecule has 0 aliphatic rings. The molecule has 3 rings (SSSR count). The van der Waals surface area contributed by atoms with Gasteiger partial charge in [-0.3, -0.25) is 9.59 Å². The van der Waals surface area contributed by atoms with Gasteiger partial charge in [0.1, 0.15) is 5.75 Å². The van der Waals surface area contributed by atoms with Crippen molar-refractivity contribution in [2.45, 2.75) is 26.2 Å². The maximum Gasteiger partial charge on any atom is 0.226 e. The highest BCUT2D eigenvalue weighted by Crippen LogP contribution is 2.29. The quantitative estimate of drug-likeness (QED) is 0.539. The first-order valence-corrected chi connectivity index (χ1v) is 10.1. The van der Waals surface area contributed by atoms with E-state index in [1.165, 1.54) is 0 Å². The highest BCUT2D eigenvalue weighted by atomic mass is 16.5. The van der Waals surface area contributed by atoms with Gasteiger partial charge in [-0.25, -0.2) is 4.98 Å². The first-order chi connectivity index (χ1) is 14.9. The average molecular weight is 418 g/mol. The first kappa shape index (κ1) is 22.0. The fourth-order valence-electron chi connectivity index (χ4n) is 3.28. The fraction of sp³-hybridized carbons (Fsp3) is 0.240. The van der Waals surface area contributed by atoms with Crippen LogP contribution in [0.2, 0.25) is 0 Å². The monoisotopic (exact) mass is 418 g/mol. The number of anilines is 1. The van der Waals surface area contributed by atoms with Crippen LogP contribution in [-0.2, 0) is 11.2 Å². The van der Waals surface area contributed by atoms with Crippen LogP contribution in [0.4, 0.5) is 5.69 Å². The van der Waals surface area contributed by atoms with E-state index < -0.39 is 0 Å². The molecule has 0 aliphatic carbocycles. The number of pyridine rings is 1. The van der Waals surface area contributed by atoms with E-state index in [1.54, 1.807) is 43.5 Å². The highest BCUT2D eigenvalue weighted by molar-refractivity contribution is 5.99. The summed E-state index contributed by atoms with van der Waals surface area (Å²) in [4.78, 5) is 30.2. The number of nitrogens with zero attached hydrogens (tertiary/aromatic N) is 2. The maximum absolute atomic E-state index is 12.6. The summed E-state index contributed by atoms with van der Waals surface area (Å²) in [6, 6.07) is 16.2. The Hall–Kier alpha value is -3.67. The number of methoxy groups -OCH3 is 1. The van der Waals surface area contributed by atoms with Crippen LogP contribution in [0.1, 0.15) is 35.7 Å². The lowest BCUT2D eigenvalue weighted by Gasteiger charge is -2.17. The molecule has 0 saturated heterocycles. The molecular weight excluding hydrogens is 392 g/mol. The zero-order valence-electron chi connectivity index (χ0n) is 18.0. The van der Waals surface area contributed by atoms with Gasteiger partial charge in [0.25, 0.3) is 0 Å². The van der Waals surface area contributed by atoms with E-state index in [2.05, 4.69) is 4.98 Å². The van der Waals surface area contributed by atoms with Gasteiger partial charge in [-0.1, -0.05) is 31.2 Å². The van der Waals surface area contributed by atoms with Gasteiger partial charge in [-0.2, -0.15) is 0 Å². The molecule has 1 aromatic heterocycles. The second-order valence-electron chi connectivity index (χ2n) is 7.22. The van der Waals surface area contributed by atoms with Crippen LogP contribution in [0, 0.1) is 0 Å². The van der Waals surface area contributed by atoms with E-state index in [-0.39, 0.29) is 23.9 Å². The van der Waals surface area contributed by atoms with Crippen molar-refractivity contribution in [3.63, 3.8) is 0 Å². The van der Waals surface area contributed by atoms with Gasteiger partial charge in [0.15, 0.2) is 5.78 Å². The molecule has 31 heavy (non-hydrogen) atoms. The lowest BCUT2D eigenvalue weighted by molar-refractivity contribution is -0.118. The molecule has 0 fully saturated rings. The zero-order valence-corrected chi connectivity index (χ0v) is 18.0. The predicted octanol–water partition coefficient (Wildman–Crippen LogP) is 4.65. The number of benzene rings is 2. The number of aromatic nitrogens is 1. The molecule has 2 aromatic carbocycles. The summed E-state index contributed by atoms with van der Waals surface area (Å²) in [5.41, 5.74) is 3.72. The number of phenols is 1. The molecule has 0 radical (unpaired) electrons. The summed E-state index contributed by atoms with van der Waals surface area (Å²) in [7, 11) is 3.30. The molecule has 0 atom stereocenters. The predicted molar refractivity (Wildman–Crippen MR) is 121 cm³/mol. The van der Waals surface area contributed by atoms with Crippen molar-refractivity contribution in [2.24, 2.45) is 0 Å². The van der Waals surface area contributed by atoms with Crippen molar-refractivity contribution >= 4 is 17.4 Å². The number of ether oxygens (including phenoxy) is 1. The van der Waals surface area contributed by atoms with E-state index in [4.69, 9.17) is 4.74 Å². The Labute approximate surface area is 182 Å². The van der Waals surface area contributed by atoms with Crippen LogP contribution >= 0.6 is 0 Å². The average Bonchev–Trinajstić information content (AvgIpc) is 2.81. The number of phenolic OH excluding ortho intramolecular Hbond substituents is 1. The topological polar surface area (TPSA) is 79.7 Å². The highest BCUT2D eigenvalue weighted by Gasteiger charge is 2.13. The van der Waals surface area contributed by atoms with Gasteiger partial charge in [0, 0.05) is 37.8 Å². The van der Waals surface area contributed by atoms with Crippen molar-refractivity contribution in [3.8, 4) is 22.8 Å². The summed E-state index contributed by atoms with van der Waals surface area (Å²) in [5.74, 6) is 0.395. The van der Waals surface area contributed by atoms with E-state index in [0.29, 0.717) is 24.3 Å². The van der Waals surface area contributed by atoms with Crippen molar-refractivity contribution in [3.05, 3.63) is 71.9 Å². The van der Waals surface area contributed by atoms with Crippen LogP contribution in [0.25, 0.3) is 11.1 Å². The van der Waals surface area contributed by atoms with Crippen molar-refractivity contribution in [1.82, 2.24) is 4.98 Å². The molecule has 0 aliphatic heterocycles. The third-order valence-electron chi connectivity index (χ3n) is 5.21. The summed E-state index contributed by atoms with van der Waals surface area (Å²) in [6.45, 7) is 1.83. The van der Waals surface area contributed by atoms with Gasteiger partial charge in [0.05, 0.1) is 12.7 Å². The summed E-state index contributed by atoms with van der Waals surface area (Å²) < 4.78 is 5.03. The second kappa shape index (κ2) is 9.89. The standard InChI is InChI=1S/C25H26N2O4/c1-4-25(30)27(2)20-10-7-18(8-11-20)19-9-12-21(23(29)15-19)22(28)13-5-17-6-14-24(31-3)26-16-17/h6-12,14-16,29H,4-5,13H2,1-3H3. The minimum absolute atomic E-state index is 0.0404. The summed E-state index contributed by atoms with van der Waals surface area (Å²) in [5, 5.41) is 10.4. The van der Waals surface area contributed by atoms with E-state index >= 15 is 0 Å². The molecule has 3 aromatic rings. The Morgan fingerprint density at radius 1 is 1.03 bits per heavy atom. The lowest BCUT2D eigenvalue weighted by Crippen LogP contribution is -2.24. The number of carbonyl (C=O) groups excluding carboxylic acids is 2. The SMILES string of the molecule is CCC(=O)N(C)c1ccc(-c2ccc(C(=O)CCc3ccc(OC)nc3)c(O)c2)cc1. The number of carbonyl (C=O) groups is 2. The molecule has 6 heteroatoms. The minimum atomic E-state index is -0.130. The van der Waals surface area contributed by atoms with E-state index in [1.807, 2.05) is 43.3 Å². The number of hydrogen-bond donors (Lipinski definition) is 1. The smallest absolute Gasteiger partial charge is 0.226 e. The van der Waals surface area contributed by atoms with Crippen LogP contribution in [0.5, 0.6) is 11.6 Å². The number of ketones is 1. The Bertz CT molecular complexity index is 1060. The number of hydrogen-bond acceptors (Lipinski definition) is 5. The Balaban J connectivity index is 1.68. The largest absolute Gasteiger partial charge is 0.507 e. The minimum Gasteiger partial charge on any atom is -0.507 e. The Kier molecular flexibility index (Phi) is 7.03. The third kappa shape index (κ3) is 5.28. The number of amides is 1. The number of aryl methyl sites for hydroxylation is 1.